The standard InChI is InChI=1S/C46H50N4O9S/c1-5-57-45(51)28-41(39-18-19-42-46(32(39)2)47-48-49(42)22-23-55-24-25-56-30-34-12-8-6-9-13-34)36-16-20-44(54-4)40(27-36)33(3)50-29-37-26-38(17-21-43(37)59-60(50,52)53)58-31-35-14-10-7-11-15-35/h6-21,26-27,33,41H,5,22-25,28-31H2,1-4H3/t33-,41?/m1/s1. The van der Waals surface area contributed by atoms with Gasteiger partial charge in [-0.3, -0.25) is 4.79 Å². The smallest absolute Gasteiger partial charge is 0.386 e. The van der Waals surface area contributed by atoms with E-state index in [1.807, 2.05) is 96.5 Å². The normalized spacial score (nSPS) is 14.5. The van der Waals surface area contributed by atoms with E-state index in [1.165, 1.54) is 4.31 Å². The SMILES string of the molecule is CCOC(=O)CC(c1ccc(OC)c([C@@H](C)N2Cc3cc(OCc4ccccc4)ccc3OS2(=O)=O)c1)c1ccc2c(nnn2CCOCCOCc2ccccc2)c1C. The van der Waals surface area contributed by atoms with Gasteiger partial charge in [-0.25, -0.2) is 4.68 Å². The van der Waals surface area contributed by atoms with Crippen LogP contribution in [0.3, 0.4) is 0 Å². The lowest BCUT2D eigenvalue weighted by molar-refractivity contribution is -0.143. The Morgan fingerprint density at radius 1 is 0.850 bits per heavy atom. The third kappa shape index (κ3) is 9.96. The van der Waals surface area contributed by atoms with Crippen molar-refractivity contribution in [1.29, 1.82) is 0 Å². The molecule has 6 aromatic rings. The second kappa shape index (κ2) is 19.5. The highest BCUT2D eigenvalue weighted by Gasteiger charge is 2.37. The molecule has 14 heteroatoms. The number of nitrogens with zero attached hydrogens (tertiary/aromatic N) is 4. The topological polar surface area (TPSA) is 141 Å². The molecule has 1 unspecified atom stereocenters. The Labute approximate surface area is 351 Å². The molecule has 314 valence electrons. The van der Waals surface area contributed by atoms with Crippen LogP contribution in [0.4, 0.5) is 0 Å². The number of carbonyl (C=O) groups is 1. The Bertz CT molecular complexity index is 2500. The third-order valence-corrected chi connectivity index (χ3v) is 12.0. The van der Waals surface area contributed by atoms with Crippen LogP contribution < -0.4 is 13.7 Å². The summed E-state index contributed by atoms with van der Waals surface area (Å²) in [5.74, 6) is 0.501. The number of esters is 1. The highest BCUT2D eigenvalue weighted by molar-refractivity contribution is 7.84. The minimum atomic E-state index is -4.21. The van der Waals surface area contributed by atoms with E-state index in [9.17, 15) is 13.2 Å². The number of ether oxygens (including phenoxy) is 5. The van der Waals surface area contributed by atoms with Crippen molar-refractivity contribution in [3.05, 3.63) is 148 Å². The summed E-state index contributed by atoms with van der Waals surface area (Å²) >= 11 is 0. The van der Waals surface area contributed by atoms with Crippen molar-refractivity contribution in [1.82, 2.24) is 19.3 Å². The number of hydrogen-bond acceptors (Lipinski definition) is 11. The molecule has 2 heterocycles. The van der Waals surface area contributed by atoms with E-state index in [-0.39, 0.29) is 31.3 Å². The maximum atomic E-state index is 13.7. The van der Waals surface area contributed by atoms with E-state index >= 15 is 0 Å². The predicted octanol–water partition coefficient (Wildman–Crippen LogP) is 7.85. The minimum Gasteiger partial charge on any atom is -0.496 e. The lowest BCUT2D eigenvalue weighted by Crippen LogP contribution is -2.39. The lowest BCUT2D eigenvalue weighted by atomic mass is 9.84. The molecule has 0 aliphatic carbocycles. The average molecular weight is 835 g/mol. The number of rotatable bonds is 19. The molecule has 0 fully saturated rings. The highest BCUT2D eigenvalue weighted by atomic mass is 32.2. The summed E-state index contributed by atoms with van der Waals surface area (Å²) in [6, 6.07) is 33.7. The van der Waals surface area contributed by atoms with Crippen LogP contribution in [0, 0.1) is 6.92 Å². The lowest BCUT2D eigenvalue weighted by Gasteiger charge is -2.33. The van der Waals surface area contributed by atoms with E-state index in [2.05, 4.69) is 10.3 Å². The van der Waals surface area contributed by atoms with Crippen molar-refractivity contribution >= 4 is 27.3 Å². The van der Waals surface area contributed by atoms with Crippen LogP contribution in [0.2, 0.25) is 0 Å². The Balaban J connectivity index is 1.10. The zero-order valence-corrected chi connectivity index (χ0v) is 35.1. The molecule has 13 nitrogen and oxygen atoms in total. The maximum absolute atomic E-state index is 13.7. The fourth-order valence-electron chi connectivity index (χ4n) is 7.44. The first-order valence-electron chi connectivity index (χ1n) is 20.0. The van der Waals surface area contributed by atoms with Gasteiger partial charge in [0.1, 0.15) is 29.4 Å². The van der Waals surface area contributed by atoms with Gasteiger partial charge in [0.25, 0.3) is 0 Å². The van der Waals surface area contributed by atoms with Gasteiger partial charge in [-0.05, 0) is 85.0 Å². The van der Waals surface area contributed by atoms with Gasteiger partial charge in [-0.2, -0.15) is 12.7 Å². The number of aromatic nitrogens is 3. The van der Waals surface area contributed by atoms with E-state index in [4.69, 9.17) is 27.9 Å². The van der Waals surface area contributed by atoms with Crippen molar-refractivity contribution in [3.8, 4) is 17.2 Å². The van der Waals surface area contributed by atoms with Crippen molar-refractivity contribution in [2.75, 3.05) is 33.5 Å². The molecule has 0 radical (unpaired) electrons. The average Bonchev–Trinajstić information content (AvgIpc) is 3.68. The molecule has 2 atom stereocenters. The summed E-state index contributed by atoms with van der Waals surface area (Å²) in [7, 11) is -2.67. The van der Waals surface area contributed by atoms with Crippen LogP contribution >= 0.6 is 0 Å². The quantitative estimate of drug-likeness (QED) is 0.0582. The molecule has 0 N–H and O–H groups in total. The Hall–Kier alpha value is -5.80. The molecule has 1 aliphatic heterocycles. The molecule has 1 aliphatic rings. The van der Waals surface area contributed by atoms with E-state index in [0.29, 0.717) is 67.7 Å². The molecule has 1 aromatic heterocycles. The maximum Gasteiger partial charge on any atom is 0.386 e. The van der Waals surface area contributed by atoms with E-state index < -0.39 is 22.3 Å². The molecule has 0 saturated carbocycles. The first-order chi connectivity index (χ1) is 29.1. The molecule has 0 amide bonds. The van der Waals surface area contributed by atoms with Gasteiger partial charge in [0.15, 0.2) is 0 Å². The Morgan fingerprint density at radius 3 is 2.32 bits per heavy atom. The second-order valence-corrected chi connectivity index (χ2v) is 16.0. The Morgan fingerprint density at radius 2 is 1.58 bits per heavy atom. The second-order valence-electron chi connectivity index (χ2n) is 14.5. The van der Waals surface area contributed by atoms with Crippen LogP contribution in [-0.4, -0.2) is 67.2 Å². The zero-order chi connectivity index (χ0) is 42.1. The van der Waals surface area contributed by atoms with Crippen LogP contribution in [0.15, 0.2) is 109 Å². The summed E-state index contributed by atoms with van der Waals surface area (Å²) in [6.07, 6.45) is 0.0406. The van der Waals surface area contributed by atoms with Gasteiger partial charge >= 0.3 is 16.3 Å². The summed E-state index contributed by atoms with van der Waals surface area (Å²) in [5.41, 5.74) is 7.43. The van der Waals surface area contributed by atoms with Gasteiger partial charge < -0.3 is 27.9 Å². The van der Waals surface area contributed by atoms with E-state index in [1.54, 1.807) is 45.2 Å². The van der Waals surface area contributed by atoms with Crippen molar-refractivity contribution in [3.63, 3.8) is 0 Å². The molecule has 7 rings (SSSR count). The monoisotopic (exact) mass is 834 g/mol. The number of methoxy groups -OCH3 is 1. The number of fused-ring (bicyclic) bond motifs is 2. The van der Waals surface area contributed by atoms with Gasteiger partial charge in [-0.15, -0.1) is 5.10 Å². The van der Waals surface area contributed by atoms with Gasteiger partial charge in [0.2, 0.25) is 0 Å². The first kappa shape index (κ1) is 42.3. The number of benzene rings is 5. The number of carbonyl (C=O) groups excluding carboxylic acids is 1. The van der Waals surface area contributed by atoms with Gasteiger partial charge in [-0.1, -0.05) is 78.0 Å². The molecular weight excluding hydrogens is 785 g/mol. The molecule has 0 bridgehead atoms. The fraction of sp³-hybridized carbons (Fsp3) is 0.326. The van der Waals surface area contributed by atoms with Crippen molar-refractivity contribution < 1.29 is 41.1 Å². The predicted molar refractivity (Wildman–Crippen MR) is 226 cm³/mol. The largest absolute Gasteiger partial charge is 0.496 e. The van der Waals surface area contributed by atoms with Crippen LogP contribution in [0.5, 0.6) is 17.2 Å². The Kier molecular flexibility index (Phi) is 13.8. The van der Waals surface area contributed by atoms with Crippen LogP contribution in [0.25, 0.3) is 11.0 Å². The summed E-state index contributed by atoms with van der Waals surface area (Å²) < 4.78 is 65.0. The number of aryl methyl sites for hydroxylation is 1. The minimum absolute atomic E-state index is 0.0406. The van der Waals surface area contributed by atoms with Crippen LogP contribution in [0.1, 0.15) is 71.2 Å². The number of hydrogen-bond donors (Lipinski definition) is 0. The molecule has 0 saturated heterocycles. The van der Waals surface area contributed by atoms with E-state index in [0.717, 1.165) is 33.3 Å². The summed E-state index contributed by atoms with van der Waals surface area (Å²) in [4.78, 5) is 13.2. The van der Waals surface area contributed by atoms with Crippen molar-refractivity contribution in [2.24, 2.45) is 0 Å². The molecular formula is C46H50N4O9S. The third-order valence-electron chi connectivity index (χ3n) is 10.6. The fourth-order valence-corrected chi connectivity index (χ4v) is 8.72. The highest BCUT2D eigenvalue weighted by Crippen LogP contribution is 2.41. The first-order valence-corrected chi connectivity index (χ1v) is 21.4. The molecule has 5 aromatic carbocycles. The zero-order valence-electron chi connectivity index (χ0n) is 34.3. The van der Waals surface area contributed by atoms with Gasteiger partial charge in [0.05, 0.1) is 64.7 Å². The molecule has 60 heavy (non-hydrogen) atoms. The summed E-state index contributed by atoms with van der Waals surface area (Å²) in [6.45, 7) is 8.56. The summed E-state index contributed by atoms with van der Waals surface area (Å²) in [5, 5.41) is 8.96. The van der Waals surface area contributed by atoms with Crippen molar-refractivity contribution in [2.45, 2.75) is 65.5 Å². The molecule has 0 spiro atoms. The van der Waals surface area contributed by atoms with Crippen LogP contribution in [-0.2, 0) is 55.6 Å². The van der Waals surface area contributed by atoms with Gasteiger partial charge in [0, 0.05) is 23.6 Å².